The number of halogens is 2. The van der Waals surface area contributed by atoms with Gasteiger partial charge in [0.2, 0.25) is 0 Å². The summed E-state index contributed by atoms with van der Waals surface area (Å²) in [4.78, 5) is 4.52. The summed E-state index contributed by atoms with van der Waals surface area (Å²) in [6.45, 7) is 2.41. The lowest BCUT2D eigenvalue weighted by atomic mass is 9.83. The summed E-state index contributed by atoms with van der Waals surface area (Å²) in [5.74, 6) is -0.519. The molecule has 0 aliphatic carbocycles. The van der Waals surface area contributed by atoms with Crippen LogP contribution in [0.2, 0.25) is 0 Å². The second kappa shape index (κ2) is 8.46. The van der Waals surface area contributed by atoms with Gasteiger partial charge in [0.05, 0.1) is 5.60 Å². The van der Waals surface area contributed by atoms with Crippen molar-refractivity contribution in [2.75, 3.05) is 33.7 Å². The topological polar surface area (TPSA) is 26.7 Å². The Labute approximate surface area is 160 Å². The van der Waals surface area contributed by atoms with Gasteiger partial charge in [-0.25, -0.2) is 8.78 Å². The summed E-state index contributed by atoms with van der Waals surface area (Å²) < 4.78 is 26.5. The maximum absolute atomic E-state index is 13.3. The van der Waals surface area contributed by atoms with Crippen molar-refractivity contribution in [2.24, 2.45) is 0 Å². The molecule has 0 saturated carbocycles. The highest BCUT2D eigenvalue weighted by Gasteiger charge is 2.36. The molecule has 1 N–H and O–H groups in total. The highest BCUT2D eigenvalue weighted by atomic mass is 19.1. The summed E-state index contributed by atoms with van der Waals surface area (Å²) in [6.07, 6.45) is 2.13. The Morgan fingerprint density at radius 3 is 2.00 bits per heavy atom. The van der Waals surface area contributed by atoms with E-state index in [2.05, 4.69) is 9.80 Å². The molecular weight excluding hydrogens is 346 g/mol. The molecule has 1 unspecified atom stereocenters. The van der Waals surface area contributed by atoms with Crippen LogP contribution in [-0.4, -0.2) is 48.6 Å². The van der Waals surface area contributed by atoms with Gasteiger partial charge >= 0.3 is 0 Å². The van der Waals surface area contributed by atoms with Gasteiger partial charge in [0.15, 0.2) is 0 Å². The van der Waals surface area contributed by atoms with Crippen LogP contribution in [-0.2, 0) is 5.60 Å². The van der Waals surface area contributed by atoms with E-state index in [4.69, 9.17) is 0 Å². The third kappa shape index (κ3) is 4.92. The SMILES string of the molecule is CN(C)CCC(c1ccc(F)cc1)N1CCC(O)(c2ccc(F)cc2)CC1. The van der Waals surface area contributed by atoms with Gasteiger partial charge in [0, 0.05) is 19.1 Å². The molecule has 1 atom stereocenters. The van der Waals surface area contributed by atoms with Gasteiger partial charge in [-0.15, -0.1) is 0 Å². The largest absolute Gasteiger partial charge is 0.385 e. The predicted octanol–water partition coefficient (Wildman–Crippen LogP) is 3.94. The molecule has 0 spiro atoms. The minimum atomic E-state index is -0.918. The first kappa shape index (κ1) is 19.9. The maximum Gasteiger partial charge on any atom is 0.123 e. The molecule has 1 heterocycles. The predicted molar refractivity (Wildman–Crippen MR) is 103 cm³/mol. The molecule has 2 aromatic carbocycles. The summed E-state index contributed by atoms with van der Waals surface area (Å²) in [5, 5.41) is 11.1. The van der Waals surface area contributed by atoms with E-state index in [-0.39, 0.29) is 17.7 Å². The third-order valence-electron chi connectivity index (χ3n) is 5.55. The molecule has 146 valence electrons. The second-order valence-electron chi connectivity index (χ2n) is 7.73. The lowest BCUT2D eigenvalue weighted by Gasteiger charge is -2.42. The van der Waals surface area contributed by atoms with Crippen molar-refractivity contribution in [2.45, 2.75) is 30.9 Å². The van der Waals surface area contributed by atoms with Crippen molar-refractivity contribution in [1.29, 1.82) is 0 Å². The zero-order chi connectivity index (χ0) is 19.4. The zero-order valence-corrected chi connectivity index (χ0v) is 16.0. The Morgan fingerprint density at radius 2 is 1.48 bits per heavy atom. The Bertz CT molecular complexity index is 723. The van der Waals surface area contributed by atoms with Crippen molar-refractivity contribution in [1.82, 2.24) is 9.80 Å². The number of hydrogen-bond acceptors (Lipinski definition) is 3. The molecule has 1 saturated heterocycles. The first-order valence-electron chi connectivity index (χ1n) is 9.50. The Hall–Kier alpha value is -1.82. The third-order valence-corrected chi connectivity index (χ3v) is 5.55. The monoisotopic (exact) mass is 374 g/mol. The number of benzene rings is 2. The lowest BCUT2D eigenvalue weighted by molar-refractivity contribution is -0.0375. The summed E-state index contributed by atoms with van der Waals surface area (Å²) >= 11 is 0. The fourth-order valence-corrected chi connectivity index (χ4v) is 3.88. The van der Waals surface area contributed by atoms with E-state index in [0.29, 0.717) is 12.8 Å². The van der Waals surface area contributed by atoms with Gasteiger partial charge in [-0.2, -0.15) is 0 Å². The number of nitrogens with zero attached hydrogens (tertiary/aromatic N) is 2. The zero-order valence-electron chi connectivity index (χ0n) is 16.0. The van der Waals surface area contributed by atoms with E-state index >= 15 is 0 Å². The smallest absolute Gasteiger partial charge is 0.123 e. The summed E-state index contributed by atoms with van der Waals surface area (Å²) in [6, 6.07) is 13.1. The Balaban J connectivity index is 1.73. The number of hydrogen-bond donors (Lipinski definition) is 1. The summed E-state index contributed by atoms with van der Waals surface area (Å²) in [7, 11) is 4.09. The molecule has 1 aliphatic heterocycles. The highest BCUT2D eigenvalue weighted by molar-refractivity contribution is 5.25. The molecule has 3 rings (SSSR count). The van der Waals surface area contributed by atoms with Crippen molar-refractivity contribution in [3.05, 3.63) is 71.3 Å². The Kier molecular flexibility index (Phi) is 6.25. The molecule has 3 nitrogen and oxygen atoms in total. The van der Waals surface area contributed by atoms with Crippen LogP contribution in [0.15, 0.2) is 48.5 Å². The van der Waals surface area contributed by atoms with Gasteiger partial charge < -0.3 is 10.0 Å². The standard InChI is InChI=1S/C22H28F2N2O/c1-25(2)14-11-21(17-3-7-19(23)8-4-17)26-15-12-22(27,13-16-26)18-5-9-20(24)10-6-18/h3-10,21,27H,11-16H2,1-2H3. The average molecular weight is 374 g/mol. The van der Waals surface area contributed by atoms with Gasteiger partial charge in [0.25, 0.3) is 0 Å². The van der Waals surface area contributed by atoms with Crippen LogP contribution in [0.5, 0.6) is 0 Å². The first-order valence-corrected chi connectivity index (χ1v) is 9.50. The molecule has 0 radical (unpaired) electrons. The minimum absolute atomic E-state index is 0.186. The van der Waals surface area contributed by atoms with E-state index in [1.54, 1.807) is 12.1 Å². The molecule has 2 aromatic rings. The molecular formula is C22H28F2N2O. The lowest BCUT2D eigenvalue weighted by Crippen LogP contribution is -2.44. The fraction of sp³-hybridized carbons (Fsp3) is 0.455. The van der Waals surface area contributed by atoms with E-state index in [0.717, 1.165) is 37.2 Å². The highest BCUT2D eigenvalue weighted by Crippen LogP contribution is 2.37. The molecule has 27 heavy (non-hydrogen) atoms. The van der Waals surface area contributed by atoms with E-state index < -0.39 is 5.60 Å². The molecule has 0 aromatic heterocycles. The number of aliphatic hydroxyl groups is 1. The Morgan fingerprint density at radius 1 is 0.963 bits per heavy atom. The molecule has 5 heteroatoms. The van der Waals surface area contributed by atoms with Crippen LogP contribution in [0.1, 0.15) is 36.4 Å². The van der Waals surface area contributed by atoms with Crippen molar-refractivity contribution >= 4 is 0 Å². The van der Waals surface area contributed by atoms with E-state index in [9.17, 15) is 13.9 Å². The van der Waals surface area contributed by atoms with Crippen LogP contribution >= 0.6 is 0 Å². The summed E-state index contributed by atoms with van der Waals surface area (Å²) in [5.41, 5.74) is 0.958. The fourth-order valence-electron chi connectivity index (χ4n) is 3.88. The van der Waals surface area contributed by atoms with Crippen molar-refractivity contribution in [3.63, 3.8) is 0 Å². The van der Waals surface area contributed by atoms with Gasteiger partial charge in [-0.05, 0) is 75.3 Å². The van der Waals surface area contributed by atoms with E-state index in [1.807, 2.05) is 26.2 Å². The van der Waals surface area contributed by atoms with Crippen LogP contribution in [0.25, 0.3) is 0 Å². The van der Waals surface area contributed by atoms with Crippen molar-refractivity contribution < 1.29 is 13.9 Å². The van der Waals surface area contributed by atoms with Crippen LogP contribution in [0, 0.1) is 11.6 Å². The number of likely N-dealkylation sites (tertiary alicyclic amines) is 1. The minimum Gasteiger partial charge on any atom is -0.385 e. The average Bonchev–Trinajstić information content (AvgIpc) is 2.65. The van der Waals surface area contributed by atoms with Gasteiger partial charge in [0.1, 0.15) is 11.6 Å². The van der Waals surface area contributed by atoms with Gasteiger partial charge in [-0.1, -0.05) is 24.3 Å². The van der Waals surface area contributed by atoms with Crippen LogP contribution in [0.4, 0.5) is 8.78 Å². The van der Waals surface area contributed by atoms with E-state index in [1.165, 1.54) is 24.3 Å². The molecule has 1 aliphatic rings. The maximum atomic E-state index is 13.3. The van der Waals surface area contributed by atoms with Crippen LogP contribution < -0.4 is 0 Å². The van der Waals surface area contributed by atoms with Gasteiger partial charge in [-0.3, -0.25) is 4.90 Å². The quantitative estimate of drug-likeness (QED) is 0.830. The number of piperidine rings is 1. The molecule has 1 fully saturated rings. The van der Waals surface area contributed by atoms with Crippen molar-refractivity contribution in [3.8, 4) is 0 Å². The molecule has 0 amide bonds. The first-order chi connectivity index (χ1) is 12.9. The number of rotatable bonds is 6. The molecule has 0 bridgehead atoms. The normalized spacial score (nSPS) is 18.6. The second-order valence-corrected chi connectivity index (χ2v) is 7.73. The van der Waals surface area contributed by atoms with Crippen LogP contribution in [0.3, 0.4) is 0 Å².